The van der Waals surface area contributed by atoms with Crippen molar-refractivity contribution in [1.29, 1.82) is 0 Å². The molecule has 0 aliphatic carbocycles. The number of rotatable bonds is 7. The summed E-state index contributed by atoms with van der Waals surface area (Å²) in [6.07, 6.45) is -2.51. The van der Waals surface area contributed by atoms with Crippen molar-refractivity contribution < 1.29 is 23.4 Å². The molecule has 1 aromatic rings. The molecular formula is C11H12ClF2NO3. The maximum Gasteiger partial charge on any atom is 0.337 e. The third-order valence-corrected chi connectivity index (χ3v) is 2.25. The van der Waals surface area contributed by atoms with Crippen molar-refractivity contribution in [3.63, 3.8) is 0 Å². The first-order valence-electron chi connectivity index (χ1n) is 5.13. The Morgan fingerprint density at radius 3 is 2.83 bits per heavy atom. The molecule has 0 heterocycles. The number of hydrogen-bond donors (Lipinski definition) is 2. The van der Waals surface area contributed by atoms with Crippen molar-refractivity contribution in [2.24, 2.45) is 0 Å². The van der Waals surface area contributed by atoms with Gasteiger partial charge in [-0.05, 0) is 18.2 Å². The molecule has 1 aromatic carbocycles. The number of alkyl halides is 2. The average molecular weight is 280 g/mol. The molecule has 4 nitrogen and oxygen atoms in total. The molecule has 0 atom stereocenters. The van der Waals surface area contributed by atoms with E-state index in [0.29, 0.717) is 10.7 Å². The first kappa shape index (κ1) is 14.7. The van der Waals surface area contributed by atoms with Crippen LogP contribution in [0, 0.1) is 0 Å². The second-order valence-corrected chi connectivity index (χ2v) is 3.82. The number of aromatic carboxylic acids is 1. The molecule has 0 saturated heterocycles. The van der Waals surface area contributed by atoms with Gasteiger partial charge in [-0.2, -0.15) is 0 Å². The zero-order valence-electron chi connectivity index (χ0n) is 9.33. The Hall–Kier alpha value is -1.40. The lowest BCUT2D eigenvalue weighted by molar-refractivity contribution is 0.0215. The van der Waals surface area contributed by atoms with Gasteiger partial charge in [0.1, 0.15) is 6.61 Å². The molecule has 0 amide bonds. The van der Waals surface area contributed by atoms with Crippen LogP contribution in [0.5, 0.6) is 0 Å². The van der Waals surface area contributed by atoms with Crippen LogP contribution < -0.4 is 5.32 Å². The van der Waals surface area contributed by atoms with E-state index < -0.39 is 19.0 Å². The molecule has 0 spiro atoms. The van der Waals surface area contributed by atoms with Crippen molar-refractivity contribution in [2.75, 3.05) is 25.1 Å². The van der Waals surface area contributed by atoms with Gasteiger partial charge in [0, 0.05) is 11.6 Å². The van der Waals surface area contributed by atoms with Gasteiger partial charge < -0.3 is 15.2 Å². The summed E-state index contributed by atoms with van der Waals surface area (Å²) in [6.45, 7) is -0.369. The van der Waals surface area contributed by atoms with Gasteiger partial charge in [-0.15, -0.1) is 0 Å². The first-order chi connectivity index (χ1) is 8.50. The van der Waals surface area contributed by atoms with Gasteiger partial charge in [-0.25, -0.2) is 13.6 Å². The van der Waals surface area contributed by atoms with E-state index in [1.807, 2.05) is 0 Å². The number of carboxylic acids is 1. The van der Waals surface area contributed by atoms with Gasteiger partial charge in [0.15, 0.2) is 0 Å². The van der Waals surface area contributed by atoms with Crippen molar-refractivity contribution in [3.8, 4) is 0 Å². The van der Waals surface area contributed by atoms with E-state index in [4.69, 9.17) is 16.7 Å². The molecule has 0 bridgehead atoms. The predicted molar refractivity (Wildman–Crippen MR) is 63.7 cm³/mol. The Morgan fingerprint density at radius 2 is 2.22 bits per heavy atom. The Balaban J connectivity index is 2.50. The Kier molecular flexibility index (Phi) is 5.80. The van der Waals surface area contributed by atoms with Crippen molar-refractivity contribution in [3.05, 3.63) is 28.8 Å². The standard InChI is InChI=1S/C11H12ClF2NO3/c12-7-1-2-8(11(16)17)9(5-7)15-3-4-18-6-10(13)14/h1-2,5,10,15H,3-4,6H2,(H,16,17). The van der Waals surface area contributed by atoms with Crippen LogP contribution in [0.1, 0.15) is 10.4 Å². The molecule has 1 rings (SSSR count). The molecule has 0 fully saturated rings. The second kappa shape index (κ2) is 7.13. The monoisotopic (exact) mass is 279 g/mol. The summed E-state index contributed by atoms with van der Waals surface area (Å²) in [6, 6.07) is 4.29. The van der Waals surface area contributed by atoms with Crippen molar-refractivity contribution in [1.82, 2.24) is 0 Å². The summed E-state index contributed by atoms with van der Waals surface area (Å²) < 4.78 is 28.2. The zero-order valence-corrected chi connectivity index (χ0v) is 10.1. The normalized spacial score (nSPS) is 10.7. The van der Waals surface area contributed by atoms with Gasteiger partial charge >= 0.3 is 5.97 Å². The molecule has 0 saturated carbocycles. The Bertz CT molecular complexity index is 415. The maximum atomic E-state index is 11.8. The van der Waals surface area contributed by atoms with Crippen LogP contribution >= 0.6 is 11.6 Å². The minimum atomic E-state index is -2.51. The van der Waals surface area contributed by atoms with Gasteiger partial charge in [0.05, 0.1) is 17.9 Å². The van der Waals surface area contributed by atoms with Crippen LogP contribution in [0.25, 0.3) is 0 Å². The van der Waals surface area contributed by atoms with Gasteiger partial charge in [0.25, 0.3) is 6.43 Å². The number of halogens is 3. The van der Waals surface area contributed by atoms with Crippen LogP contribution in [-0.4, -0.2) is 37.3 Å². The summed E-state index contributed by atoms with van der Waals surface area (Å²) in [5.74, 6) is -1.09. The number of nitrogens with one attached hydrogen (secondary N) is 1. The molecule has 0 aliphatic rings. The maximum absolute atomic E-state index is 11.8. The zero-order chi connectivity index (χ0) is 13.5. The highest BCUT2D eigenvalue weighted by atomic mass is 35.5. The highest BCUT2D eigenvalue weighted by Crippen LogP contribution is 2.20. The van der Waals surface area contributed by atoms with Gasteiger partial charge in [-0.1, -0.05) is 11.6 Å². The number of hydrogen-bond acceptors (Lipinski definition) is 3. The van der Waals surface area contributed by atoms with E-state index in [0.717, 1.165) is 0 Å². The lowest BCUT2D eigenvalue weighted by Gasteiger charge is -2.10. The smallest absolute Gasteiger partial charge is 0.337 e. The molecule has 0 aliphatic heterocycles. The minimum absolute atomic E-state index is 0.0515. The van der Waals surface area contributed by atoms with E-state index >= 15 is 0 Å². The SMILES string of the molecule is O=C(O)c1ccc(Cl)cc1NCCOCC(F)F. The minimum Gasteiger partial charge on any atom is -0.478 e. The highest BCUT2D eigenvalue weighted by Gasteiger charge is 2.10. The van der Waals surface area contributed by atoms with E-state index in [9.17, 15) is 13.6 Å². The molecule has 0 aromatic heterocycles. The topological polar surface area (TPSA) is 58.6 Å². The Morgan fingerprint density at radius 1 is 1.50 bits per heavy atom. The lowest BCUT2D eigenvalue weighted by Crippen LogP contribution is -2.14. The summed E-state index contributed by atoms with van der Waals surface area (Å²) in [7, 11) is 0. The fourth-order valence-corrected chi connectivity index (χ4v) is 1.45. The van der Waals surface area contributed by atoms with Crippen LogP contribution in [-0.2, 0) is 4.74 Å². The van der Waals surface area contributed by atoms with Crippen LogP contribution in [0.4, 0.5) is 14.5 Å². The number of carbonyl (C=O) groups is 1. The first-order valence-corrected chi connectivity index (χ1v) is 5.51. The number of carboxylic acid groups (broad SMARTS) is 1. The summed E-state index contributed by atoms with van der Waals surface area (Å²) in [5, 5.41) is 12.1. The second-order valence-electron chi connectivity index (χ2n) is 3.39. The van der Waals surface area contributed by atoms with E-state index in [1.54, 1.807) is 0 Å². The van der Waals surface area contributed by atoms with E-state index in [2.05, 4.69) is 10.1 Å². The van der Waals surface area contributed by atoms with Gasteiger partial charge in [-0.3, -0.25) is 0 Å². The molecule has 2 N–H and O–H groups in total. The third kappa shape index (κ3) is 4.85. The number of ether oxygens (including phenoxy) is 1. The third-order valence-electron chi connectivity index (χ3n) is 2.02. The van der Waals surface area contributed by atoms with E-state index in [-0.39, 0.29) is 18.7 Å². The molecule has 0 unspecified atom stereocenters. The summed E-state index contributed by atoms with van der Waals surface area (Å²) in [5.41, 5.74) is 0.393. The number of anilines is 1. The lowest BCUT2D eigenvalue weighted by atomic mass is 10.2. The molecule has 0 radical (unpaired) electrons. The van der Waals surface area contributed by atoms with Crippen LogP contribution in [0.15, 0.2) is 18.2 Å². The fourth-order valence-electron chi connectivity index (χ4n) is 1.28. The molecular weight excluding hydrogens is 268 g/mol. The van der Waals surface area contributed by atoms with E-state index in [1.165, 1.54) is 18.2 Å². The summed E-state index contributed by atoms with van der Waals surface area (Å²) in [4.78, 5) is 10.9. The predicted octanol–water partition coefficient (Wildman–Crippen LogP) is 2.73. The van der Waals surface area contributed by atoms with Gasteiger partial charge in [0.2, 0.25) is 0 Å². The molecule has 7 heteroatoms. The summed E-state index contributed by atoms with van der Waals surface area (Å²) >= 11 is 5.74. The molecule has 100 valence electrons. The largest absolute Gasteiger partial charge is 0.478 e. The van der Waals surface area contributed by atoms with Crippen molar-refractivity contribution >= 4 is 23.3 Å². The highest BCUT2D eigenvalue weighted by molar-refractivity contribution is 6.31. The van der Waals surface area contributed by atoms with Crippen LogP contribution in [0.2, 0.25) is 5.02 Å². The van der Waals surface area contributed by atoms with Crippen molar-refractivity contribution in [2.45, 2.75) is 6.43 Å². The average Bonchev–Trinajstić information content (AvgIpc) is 2.27. The molecule has 18 heavy (non-hydrogen) atoms. The quantitative estimate of drug-likeness (QED) is 0.754. The van der Waals surface area contributed by atoms with Crippen LogP contribution in [0.3, 0.4) is 0 Å². The number of benzene rings is 1. The Labute approximate surface area is 108 Å². The fraction of sp³-hybridized carbons (Fsp3) is 0.364.